The number of carbonyl (C=O) groups is 1. The highest BCUT2D eigenvalue weighted by atomic mass is 28.4. The highest BCUT2D eigenvalue weighted by Crippen LogP contribution is 2.14. The van der Waals surface area contributed by atoms with Crippen LogP contribution in [0.5, 0.6) is 0 Å². The van der Waals surface area contributed by atoms with Gasteiger partial charge in [0.25, 0.3) is 0 Å². The molecule has 0 unspecified atom stereocenters. The van der Waals surface area contributed by atoms with Crippen LogP contribution in [-0.4, -0.2) is 51.9 Å². The van der Waals surface area contributed by atoms with Gasteiger partial charge >= 0.3 is 5.97 Å². The predicted octanol–water partition coefficient (Wildman–Crippen LogP) is 3.04. The number of hydrogen-bond acceptors (Lipinski definition) is 5. The summed E-state index contributed by atoms with van der Waals surface area (Å²) in [5, 5.41) is 0. The molecule has 0 saturated carbocycles. The van der Waals surface area contributed by atoms with Gasteiger partial charge in [0.15, 0.2) is 32.7 Å². The summed E-state index contributed by atoms with van der Waals surface area (Å²) in [4.78, 5) is 11.2. The molecule has 0 spiro atoms. The Hall–Kier alpha value is -0.259. The molecule has 8 heteroatoms. The number of carbonyl (C=O) groups excluding carboxylic acids is 1. The molecule has 0 aliphatic rings. The third kappa shape index (κ3) is 15.0. The van der Waals surface area contributed by atoms with Crippen molar-refractivity contribution in [3.8, 4) is 0 Å². The maximum absolute atomic E-state index is 11.2. The average Bonchev–Trinajstić information content (AvgIpc) is 2.32. The first-order valence-corrected chi connectivity index (χ1v) is 16.6. The van der Waals surface area contributed by atoms with Crippen molar-refractivity contribution in [1.82, 2.24) is 0 Å². The second kappa shape index (κ2) is 10.6. The van der Waals surface area contributed by atoms with Gasteiger partial charge in [0.2, 0.25) is 0 Å². The van der Waals surface area contributed by atoms with Gasteiger partial charge in [-0.15, -0.1) is 0 Å². The van der Waals surface area contributed by atoms with Gasteiger partial charge in [-0.3, -0.25) is 0 Å². The smallest absolute Gasteiger partial charge is 0.333 e. The fraction of sp³-hybridized carbons (Fsp3) is 0.800. The molecule has 0 aliphatic heterocycles. The Labute approximate surface area is 145 Å². The van der Waals surface area contributed by atoms with E-state index in [2.05, 4.69) is 45.9 Å². The molecule has 136 valence electrons. The van der Waals surface area contributed by atoms with Gasteiger partial charge in [-0.05, 0) is 58.7 Å². The number of esters is 1. The first kappa shape index (κ1) is 22.7. The van der Waals surface area contributed by atoms with E-state index >= 15 is 0 Å². The van der Waals surface area contributed by atoms with Crippen LogP contribution in [0.25, 0.3) is 0 Å². The van der Waals surface area contributed by atoms with Crippen LogP contribution in [0.2, 0.25) is 45.3 Å². The quantitative estimate of drug-likeness (QED) is 0.172. The Kier molecular flexibility index (Phi) is 10.5. The van der Waals surface area contributed by atoms with Crippen molar-refractivity contribution >= 4 is 32.4 Å². The highest BCUT2D eigenvalue weighted by Gasteiger charge is 2.26. The minimum atomic E-state index is -1.66. The summed E-state index contributed by atoms with van der Waals surface area (Å²) < 4.78 is 23.0. The Balaban J connectivity index is 3.95. The van der Waals surface area contributed by atoms with Gasteiger partial charge in [0.05, 0.1) is 13.2 Å². The van der Waals surface area contributed by atoms with Gasteiger partial charge in [0.1, 0.15) is 0 Å². The molecule has 0 aromatic rings. The third-order valence-corrected chi connectivity index (χ3v) is 5.74. The lowest BCUT2D eigenvalue weighted by Crippen LogP contribution is -2.42. The van der Waals surface area contributed by atoms with Crippen LogP contribution in [0, 0.1) is 0 Å². The SMILES string of the molecule is C=C(C)C(=O)OCCC[SiH2]OCC(O[Si](C)(C)C)O[Si](C)(C)C. The predicted molar refractivity (Wildman–Crippen MR) is 102 cm³/mol. The van der Waals surface area contributed by atoms with E-state index in [1.165, 1.54) is 0 Å². The summed E-state index contributed by atoms with van der Waals surface area (Å²) in [6.07, 6.45) is 0.585. The van der Waals surface area contributed by atoms with Crippen molar-refractivity contribution < 1.29 is 22.8 Å². The molecular formula is C15H34O5Si3. The van der Waals surface area contributed by atoms with Crippen LogP contribution in [0.4, 0.5) is 0 Å². The Morgan fingerprint density at radius 1 is 1.09 bits per heavy atom. The second-order valence-electron chi connectivity index (χ2n) is 7.59. The third-order valence-electron chi connectivity index (χ3n) is 2.49. The molecule has 0 amide bonds. The maximum Gasteiger partial charge on any atom is 0.333 e. The van der Waals surface area contributed by atoms with Gasteiger partial charge in [-0.25, -0.2) is 4.79 Å². The van der Waals surface area contributed by atoms with E-state index in [1.54, 1.807) is 6.92 Å². The summed E-state index contributed by atoms with van der Waals surface area (Å²) in [7, 11) is -3.96. The Bertz CT molecular complexity index is 358. The molecule has 0 heterocycles. The Morgan fingerprint density at radius 2 is 1.61 bits per heavy atom. The van der Waals surface area contributed by atoms with Gasteiger partial charge < -0.3 is 18.0 Å². The molecule has 0 N–H and O–H groups in total. The minimum Gasteiger partial charge on any atom is -0.462 e. The number of ether oxygens (including phenoxy) is 1. The van der Waals surface area contributed by atoms with Crippen molar-refractivity contribution in [2.24, 2.45) is 0 Å². The summed E-state index contributed by atoms with van der Waals surface area (Å²) >= 11 is 0. The molecule has 0 aliphatic carbocycles. The number of hydrogen-bond donors (Lipinski definition) is 0. The van der Waals surface area contributed by atoms with E-state index in [0.29, 0.717) is 18.8 Å². The fourth-order valence-electron chi connectivity index (χ4n) is 1.65. The molecule has 5 nitrogen and oxygen atoms in total. The standard InChI is InChI=1S/C15H34O5Si3/c1-13(2)15(16)17-10-9-11-21-18-12-14(19-22(3,4)5)20-23(6,7)8/h14H,1,9-12,21H2,2-8H3. The van der Waals surface area contributed by atoms with E-state index in [9.17, 15) is 4.79 Å². The summed E-state index contributed by atoms with van der Waals surface area (Å²) in [6.45, 7) is 19.1. The highest BCUT2D eigenvalue weighted by molar-refractivity contribution is 6.70. The lowest BCUT2D eigenvalue weighted by molar-refractivity contribution is -0.138. The largest absolute Gasteiger partial charge is 0.462 e. The first-order valence-electron chi connectivity index (χ1n) is 8.17. The molecule has 0 fully saturated rings. The molecule has 0 aromatic carbocycles. The monoisotopic (exact) mass is 378 g/mol. The van der Waals surface area contributed by atoms with Crippen molar-refractivity contribution in [2.75, 3.05) is 13.2 Å². The maximum atomic E-state index is 11.2. The lowest BCUT2D eigenvalue weighted by atomic mass is 10.4. The molecule has 0 radical (unpaired) electrons. The molecule has 0 bridgehead atoms. The zero-order valence-corrected chi connectivity index (χ0v) is 19.3. The Morgan fingerprint density at radius 3 is 2.04 bits per heavy atom. The van der Waals surface area contributed by atoms with Crippen LogP contribution in [0.1, 0.15) is 13.3 Å². The first-order chi connectivity index (χ1) is 10.4. The second-order valence-corrected chi connectivity index (χ2v) is 18.0. The van der Waals surface area contributed by atoms with Crippen LogP contribution < -0.4 is 0 Å². The molecule has 23 heavy (non-hydrogen) atoms. The van der Waals surface area contributed by atoms with Crippen LogP contribution in [0.15, 0.2) is 12.2 Å². The van der Waals surface area contributed by atoms with E-state index < -0.39 is 26.4 Å². The van der Waals surface area contributed by atoms with Gasteiger partial charge in [-0.2, -0.15) is 0 Å². The molecule has 0 saturated heterocycles. The van der Waals surface area contributed by atoms with E-state index in [1.807, 2.05) is 0 Å². The molecule has 0 aromatic heterocycles. The summed E-state index contributed by atoms with van der Waals surface area (Å²) in [6, 6.07) is 0.968. The lowest BCUT2D eigenvalue weighted by Gasteiger charge is -2.31. The zero-order valence-electron chi connectivity index (χ0n) is 15.9. The summed E-state index contributed by atoms with van der Waals surface area (Å²) in [5.74, 6) is -0.320. The van der Waals surface area contributed by atoms with E-state index in [4.69, 9.17) is 18.0 Å². The topological polar surface area (TPSA) is 54.0 Å². The van der Waals surface area contributed by atoms with E-state index in [0.717, 1.165) is 12.5 Å². The van der Waals surface area contributed by atoms with Crippen LogP contribution in [0.3, 0.4) is 0 Å². The van der Waals surface area contributed by atoms with Crippen LogP contribution >= 0.6 is 0 Å². The zero-order chi connectivity index (χ0) is 18.1. The number of rotatable bonds is 12. The average molecular weight is 379 g/mol. The van der Waals surface area contributed by atoms with Crippen molar-refractivity contribution in [3.05, 3.63) is 12.2 Å². The van der Waals surface area contributed by atoms with Crippen LogP contribution in [-0.2, 0) is 22.8 Å². The fourth-order valence-corrected chi connectivity index (χ4v) is 4.53. The molecule has 0 rings (SSSR count). The van der Waals surface area contributed by atoms with Gasteiger partial charge in [-0.1, -0.05) is 6.58 Å². The van der Waals surface area contributed by atoms with Crippen molar-refractivity contribution in [2.45, 2.75) is 65.0 Å². The summed E-state index contributed by atoms with van der Waals surface area (Å²) in [5.41, 5.74) is 0.438. The van der Waals surface area contributed by atoms with Crippen molar-refractivity contribution in [3.63, 3.8) is 0 Å². The van der Waals surface area contributed by atoms with Gasteiger partial charge in [0, 0.05) is 5.57 Å². The molecular weight excluding hydrogens is 344 g/mol. The normalized spacial score (nSPS) is 13.0. The van der Waals surface area contributed by atoms with Crippen molar-refractivity contribution in [1.29, 1.82) is 0 Å². The minimum absolute atomic E-state index is 0.248. The van der Waals surface area contributed by atoms with E-state index in [-0.39, 0.29) is 12.3 Å². The molecule has 0 atom stereocenters.